The number of carbonyl (C=O) groups is 1. The number of hydrogen-bond donors (Lipinski definition) is 1. The number of ether oxygens (including phenoxy) is 1. The van der Waals surface area contributed by atoms with Crippen LogP contribution in [0.3, 0.4) is 0 Å². The molecule has 0 bridgehead atoms. The second kappa shape index (κ2) is 8.11. The molecule has 1 aromatic carbocycles. The number of carbonyl (C=O) groups excluding carboxylic acids is 1. The van der Waals surface area contributed by atoms with Crippen LogP contribution < -0.4 is 5.32 Å². The zero-order chi connectivity index (χ0) is 17.7. The maximum atomic E-state index is 12.3. The van der Waals surface area contributed by atoms with Gasteiger partial charge in [-0.05, 0) is 71.1 Å². The number of rotatable bonds is 7. The summed E-state index contributed by atoms with van der Waals surface area (Å²) >= 11 is 0. The fourth-order valence-corrected chi connectivity index (χ4v) is 2.61. The molecule has 1 heterocycles. The van der Waals surface area contributed by atoms with Gasteiger partial charge >= 0.3 is 5.97 Å². The molecule has 130 valence electrons. The third-order valence-electron chi connectivity index (χ3n) is 4.06. The summed E-state index contributed by atoms with van der Waals surface area (Å²) in [6.07, 6.45) is 2.60. The summed E-state index contributed by atoms with van der Waals surface area (Å²) in [5, 5.41) is 4.40. The smallest absolute Gasteiger partial charge is 0.341 e. The second-order valence-corrected chi connectivity index (χ2v) is 6.30. The molecule has 0 amide bonds. The number of nitrogens with zero attached hydrogens (tertiary/aromatic N) is 2. The van der Waals surface area contributed by atoms with E-state index >= 15 is 0 Å². The molecule has 0 spiro atoms. The normalized spacial score (nSPS) is 11.1. The number of aromatic nitrogens is 1. The van der Waals surface area contributed by atoms with Crippen LogP contribution in [0.1, 0.15) is 34.8 Å². The van der Waals surface area contributed by atoms with Crippen LogP contribution in [0.2, 0.25) is 0 Å². The molecule has 0 aliphatic rings. The third-order valence-corrected chi connectivity index (χ3v) is 4.06. The Labute approximate surface area is 144 Å². The van der Waals surface area contributed by atoms with Crippen molar-refractivity contribution in [1.82, 2.24) is 9.88 Å². The highest BCUT2D eigenvalue weighted by molar-refractivity contribution is 6.05. The zero-order valence-electron chi connectivity index (χ0n) is 15.3. The van der Waals surface area contributed by atoms with Crippen molar-refractivity contribution in [3.05, 3.63) is 35.0 Å². The largest absolute Gasteiger partial charge is 0.462 e. The van der Waals surface area contributed by atoms with E-state index in [-0.39, 0.29) is 5.97 Å². The number of esters is 1. The number of hydrogen-bond acceptors (Lipinski definition) is 5. The Morgan fingerprint density at radius 3 is 2.62 bits per heavy atom. The van der Waals surface area contributed by atoms with Crippen molar-refractivity contribution in [2.24, 2.45) is 0 Å². The fourth-order valence-electron chi connectivity index (χ4n) is 2.61. The molecular formula is C19H27N3O2. The van der Waals surface area contributed by atoms with Crippen molar-refractivity contribution in [2.75, 3.05) is 39.1 Å². The first-order chi connectivity index (χ1) is 11.4. The SMILES string of the molecule is CCOC(=O)c1cnc2cc(C)c(C)cc2c1NCCCN(C)C. The molecule has 5 heteroatoms. The monoisotopic (exact) mass is 329 g/mol. The summed E-state index contributed by atoms with van der Waals surface area (Å²) in [5.74, 6) is -0.333. The van der Waals surface area contributed by atoms with Gasteiger partial charge in [0.2, 0.25) is 0 Å². The van der Waals surface area contributed by atoms with Crippen molar-refractivity contribution in [3.8, 4) is 0 Å². The Morgan fingerprint density at radius 1 is 1.25 bits per heavy atom. The van der Waals surface area contributed by atoms with Gasteiger partial charge in [-0.25, -0.2) is 4.79 Å². The minimum Gasteiger partial charge on any atom is -0.462 e. The molecule has 24 heavy (non-hydrogen) atoms. The maximum Gasteiger partial charge on any atom is 0.341 e. The van der Waals surface area contributed by atoms with Crippen LogP contribution >= 0.6 is 0 Å². The Balaban J connectivity index is 2.41. The average molecular weight is 329 g/mol. The molecule has 0 saturated heterocycles. The Morgan fingerprint density at radius 2 is 1.96 bits per heavy atom. The third kappa shape index (κ3) is 4.23. The van der Waals surface area contributed by atoms with E-state index in [0.29, 0.717) is 12.2 Å². The molecule has 0 saturated carbocycles. The lowest BCUT2D eigenvalue weighted by molar-refractivity contribution is 0.0527. The van der Waals surface area contributed by atoms with Crippen molar-refractivity contribution in [1.29, 1.82) is 0 Å². The molecule has 1 N–H and O–H groups in total. The van der Waals surface area contributed by atoms with Gasteiger partial charge in [-0.15, -0.1) is 0 Å². The highest BCUT2D eigenvalue weighted by Gasteiger charge is 2.17. The molecule has 0 radical (unpaired) electrons. The summed E-state index contributed by atoms with van der Waals surface area (Å²) < 4.78 is 5.19. The predicted molar refractivity (Wildman–Crippen MR) is 98.8 cm³/mol. The van der Waals surface area contributed by atoms with E-state index in [0.717, 1.165) is 36.1 Å². The highest BCUT2D eigenvalue weighted by atomic mass is 16.5. The lowest BCUT2D eigenvalue weighted by atomic mass is 10.0. The number of aryl methyl sites for hydroxylation is 2. The number of fused-ring (bicyclic) bond motifs is 1. The Kier molecular flexibility index (Phi) is 6.15. The van der Waals surface area contributed by atoms with Gasteiger partial charge in [0.15, 0.2) is 0 Å². The van der Waals surface area contributed by atoms with E-state index in [9.17, 15) is 4.79 Å². The lowest BCUT2D eigenvalue weighted by Crippen LogP contribution is -2.17. The predicted octanol–water partition coefficient (Wildman–Crippen LogP) is 3.39. The van der Waals surface area contributed by atoms with Crippen LogP contribution in [0.5, 0.6) is 0 Å². The molecule has 2 aromatic rings. The second-order valence-electron chi connectivity index (χ2n) is 6.30. The van der Waals surface area contributed by atoms with E-state index in [2.05, 4.69) is 55.3 Å². The van der Waals surface area contributed by atoms with Gasteiger partial charge in [-0.1, -0.05) is 0 Å². The van der Waals surface area contributed by atoms with E-state index < -0.39 is 0 Å². The molecule has 0 atom stereocenters. The van der Waals surface area contributed by atoms with Crippen molar-refractivity contribution < 1.29 is 9.53 Å². The first kappa shape index (κ1) is 18.2. The van der Waals surface area contributed by atoms with Gasteiger partial charge < -0.3 is 15.0 Å². The van der Waals surface area contributed by atoms with Gasteiger partial charge in [0.25, 0.3) is 0 Å². The standard InChI is InChI=1S/C19H27N3O2/c1-6-24-19(23)16-12-21-17-11-14(3)13(2)10-15(17)18(16)20-8-7-9-22(4)5/h10-12H,6-9H2,1-5H3,(H,20,21). The summed E-state index contributed by atoms with van der Waals surface area (Å²) in [4.78, 5) is 18.9. The molecule has 0 unspecified atom stereocenters. The molecule has 5 nitrogen and oxygen atoms in total. The maximum absolute atomic E-state index is 12.3. The summed E-state index contributed by atoms with van der Waals surface area (Å²) in [5.41, 5.74) is 4.58. The number of anilines is 1. The van der Waals surface area contributed by atoms with E-state index in [1.54, 1.807) is 6.20 Å². The van der Waals surface area contributed by atoms with Gasteiger partial charge in [-0.3, -0.25) is 4.98 Å². The fraction of sp³-hybridized carbons (Fsp3) is 0.474. The van der Waals surface area contributed by atoms with Crippen molar-refractivity contribution in [2.45, 2.75) is 27.2 Å². The quantitative estimate of drug-likeness (QED) is 0.623. The molecule has 2 rings (SSSR count). The number of pyridine rings is 1. The first-order valence-corrected chi connectivity index (χ1v) is 8.39. The van der Waals surface area contributed by atoms with Crippen molar-refractivity contribution >= 4 is 22.6 Å². The van der Waals surface area contributed by atoms with Crippen LogP contribution in [-0.4, -0.2) is 49.6 Å². The number of nitrogens with one attached hydrogen (secondary N) is 1. The van der Waals surface area contributed by atoms with Crippen LogP contribution in [-0.2, 0) is 4.74 Å². The first-order valence-electron chi connectivity index (χ1n) is 8.39. The van der Waals surface area contributed by atoms with Crippen LogP contribution in [0.4, 0.5) is 5.69 Å². The van der Waals surface area contributed by atoms with Gasteiger partial charge in [0.1, 0.15) is 5.56 Å². The molecule has 0 fully saturated rings. The van der Waals surface area contributed by atoms with Gasteiger partial charge in [-0.2, -0.15) is 0 Å². The van der Waals surface area contributed by atoms with Crippen LogP contribution in [0, 0.1) is 13.8 Å². The van der Waals surface area contributed by atoms with Crippen molar-refractivity contribution in [3.63, 3.8) is 0 Å². The molecular weight excluding hydrogens is 302 g/mol. The molecule has 1 aromatic heterocycles. The topological polar surface area (TPSA) is 54.5 Å². The zero-order valence-corrected chi connectivity index (χ0v) is 15.3. The molecule has 0 aliphatic heterocycles. The van der Waals surface area contributed by atoms with E-state index in [4.69, 9.17) is 4.74 Å². The van der Waals surface area contributed by atoms with Crippen LogP contribution in [0.15, 0.2) is 18.3 Å². The minimum atomic E-state index is -0.333. The van der Waals surface area contributed by atoms with E-state index in [1.807, 2.05) is 6.92 Å². The van der Waals surface area contributed by atoms with Gasteiger partial charge in [0.05, 0.1) is 17.8 Å². The summed E-state index contributed by atoms with van der Waals surface area (Å²) in [7, 11) is 4.11. The number of benzene rings is 1. The highest BCUT2D eigenvalue weighted by Crippen LogP contribution is 2.29. The lowest BCUT2D eigenvalue weighted by Gasteiger charge is -2.16. The Bertz CT molecular complexity index is 726. The van der Waals surface area contributed by atoms with Crippen LogP contribution in [0.25, 0.3) is 10.9 Å². The van der Waals surface area contributed by atoms with Gasteiger partial charge in [0, 0.05) is 18.1 Å². The van der Waals surface area contributed by atoms with E-state index in [1.165, 1.54) is 11.1 Å². The Hall–Kier alpha value is -2.14. The minimum absolute atomic E-state index is 0.333. The average Bonchev–Trinajstić information content (AvgIpc) is 2.52. The summed E-state index contributed by atoms with van der Waals surface area (Å²) in [6.45, 7) is 8.08. The molecule has 0 aliphatic carbocycles. The summed E-state index contributed by atoms with van der Waals surface area (Å²) in [6, 6.07) is 4.15.